The van der Waals surface area contributed by atoms with Crippen LogP contribution in [0.2, 0.25) is 0 Å². The zero-order valence-corrected chi connectivity index (χ0v) is 18.5. The molecule has 1 saturated carbocycles. The molecule has 29 heavy (non-hydrogen) atoms. The van der Waals surface area contributed by atoms with Crippen molar-refractivity contribution in [2.45, 2.75) is 61.1 Å². The Kier molecular flexibility index (Phi) is 7.60. The topological polar surface area (TPSA) is 71.8 Å². The zero-order valence-electron chi connectivity index (χ0n) is 16.9. The van der Waals surface area contributed by atoms with Gasteiger partial charge in [-0.2, -0.15) is 0 Å². The minimum absolute atomic E-state index is 0. The molecule has 1 aliphatic carbocycles. The second-order valence-electron chi connectivity index (χ2n) is 8.05. The Morgan fingerprint density at radius 3 is 2.62 bits per heavy atom. The van der Waals surface area contributed by atoms with Crippen molar-refractivity contribution in [2.24, 2.45) is 0 Å². The van der Waals surface area contributed by atoms with Crippen LogP contribution < -0.4 is 10.6 Å². The van der Waals surface area contributed by atoms with Crippen LogP contribution in [0.3, 0.4) is 0 Å². The SMILES string of the molecule is Cc1ccc(SC2(CNC(=O)c3cn(C4CCNCC4)nn3)CCCC2)cc1.Cl. The number of piperidine rings is 1. The molecule has 8 heteroatoms. The number of aromatic nitrogens is 3. The largest absolute Gasteiger partial charge is 0.349 e. The van der Waals surface area contributed by atoms with E-state index in [1.165, 1.54) is 23.3 Å². The van der Waals surface area contributed by atoms with E-state index in [0.29, 0.717) is 18.3 Å². The molecule has 0 radical (unpaired) electrons. The lowest BCUT2D eigenvalue weighted by Gasteiger charge is -2.28. The van der Waals surface area contributed by atoms with E-state index in [9.17, 15) is 4.79 Å². The van der Waals surface area contributed by atoms with Crippen LogP contribution in [0.5, 0.6) is 0 Å². The first kappa shape index (κ1) is 22.1. The minimum atomic E-state index is -0.115. The van der Waals surface area contributed by atoms with Gasteiger partial charge in [0.05, 0.1) is 12.2 Å². The summed E-state index contributed by atoms with van der Waals surface area (Å²) in [5.74, 6) is -0.115. The van der Waals surface area contributed by atoms with Gasteiger partial charge in [-0.3, -0.25) is 4.79 Å². The standard InChI is InChI=1S/C21H29N5OS.ClH/c1-16-4-6-18(7-5-16)28-21(10-2-3-11-21)15-23-20(27)19-14-26(25-24-19)17-8-12-22-13-9-17;/h4-7,14,17,22H,2-3,8-13,15H2,1H3,(H,23,27);1H. The van der Waals surface area contributed by atoms with Crippen molar-refractivity contribution >= 4 is 30.1 Å². The van der Waals surface area contributed by atoms with Gasteiger partial charge in [0.15, 0.2) is 5.69 Å². The normalized spacial score (nSPS) is 18.9. The number of carbonyl (C=O) groups excluding carboxylic acids is 1. The lowest BCUT2D eigenvalue weighted by Crippen LogP contribution is -2.38. The van der Waals surface area contributed by atoms with E-state index in [1.807, 2.05) is 16.4 Å². The van der Waals surface area contributed by atoms with Gasteiger partial charge in [0.25, 0.3) is 5.91 Å². The van der Waals surface area contributed by atoms with Crippen molar-refractivity contribution in [3.05, 3.63) is 41.7 Å². The number of hydrogen-bond donors (Lipinski definition) is 2. The first-order valence-corrected chi connectivity index (χ1v) is 11.1. The van der Waals surface area contributed by atoms with Crippen molar-refractivity contribution in [2.75, 3.05) is 19.6 Å². The smallest absolute Gasteiger partial charge is 0.273 e. The summed E-state index contributed by atoms with van der Waals surface area (Å²) in [6, 6.07) is 9.03. The molecular formula is C21H30ClN5OS. The summed E-state index contributed by atoms with van der Waals surface area (Å²) >= 11 is 1.91. The van der Waals surface area contributed by atoms with E-state index in [0.717, 1.165) is 38.8 Å². The van der Waals surface area contributed by atoms with Gasteiger partial charge in [-0.15, -0.1) is 29.3 Å². The summed E-state index contributed by atoms with van der Waals surface area (Å²) in [4.78, 5) is 14.0. The number of carbonyl (C=O) groups is 1. The number of rotatable bonds is 6. The number of hydrogen-bond acceptors (Lipinski definition) is 5. The molecule has 158 valence electrons. The van der Waals surface area contributed by atoms with E-state index < -0.39 is 0 Å². The van der Waals surface area contributed by atoms with Gasteiger partial charge in [-0.25, -0.2) is 4.68 Å². The Hall–Kier alpha value is -1.57. The van der Waals surface area contributed by atoms with Crippen LogP contribution in [-0.2, 0) is 0 Å². The molecule has 2 aliphatic rings. The summed E-state index contributed by atoms with van der Waals surface area (Å²) in [6.07, 6.45) is 8.57. The number of benzene rings is 1. The molecule has 1 amide bonds. The van der Waals surface area contributed by atoms with Crippen LogP contribution in [-0.4, -0.2) is 45.3 Å². The molecule has 0 unspecified atom stereocenters. The van der Waals surface area contributed by atoms with Gasteiger partial charge in [0, 0.05) is 16.2 Å². The van der Waals surface area contributed by atoms with Crippen LogP contribution in [0, 0.1) is 6.92 Å². The highest BCUT2D eigenvalue weighted by Crippen LogP contribution is 2.44. The van der Waals surface area contributed by atoms with Crippen molar-refractivity contribution in [3.8, 4) is 0 Å². The van der Waals surface area contributed by atoms with E-state index >= 15 is 0 Å². The Bertz CT molecular complexity index is 798. The van der Waals surface area contributed by atoms with Crippen LogP contribution in [0.15, 0.2) is 35.4 Å². The second kappa shape index (κ2) is 9.96. The molecule has 2 N–H and O–H groups in total. The molecule has 2 aromatic rings. The van der Waals surface area contributed by atoms with E-state index in [1.54, 1.807) is 6.20 Å². The Balaban J connectivity index is 0.00000240. The molecular weight excluding hydrogens is 406 g/mol. The Morgan fingerprint density at radius 2 is 1.93 bits per heavy atom. The van der Waals surface area contributed by atoms with Crippen LogP contribution >= 0.6 is 24.2 Å². The summed E-state index contributed by atoms with van der Waals surface area (Å²) in [6.45, 7) is 4.76. The maximum atomic E-state index is 12.7. The van der Waals surface area contributed by atoms with Crippen molar-refractivity contribution in [3.63, 3.8) is 0 Å². The van der Waals surface area contributed by atoms with Gasteiger partial charge in [-0.1, -0.05) is 35.8 Å². The monoisotopic (exact) mass is 435 g/mol. The van der Waals surface area contributed by atoms with Crippen LogP contribution in [0.1, 0.15) is 60.6 Å². The van der Waals surface area contributed by atoms with Crippen molar-refractivity contribution < 1.29 is 4.79 Å². The maximum absolute atomic E-state index is 12.7. The molecule has 2 heterocycles. The lowest BCUT2D eigenvalue weighted by atomic mass is 10.1. The number of thioether (sulfide) groups is 1. The summed E-state index contributed by atoms with van der Waals surface area (Å²) in [5, 5.41) is 14.8. The molecule has 1 aromatic carbocycles. The predicted molar refractivity (Wildman–Crippen MR) is 119 cm³/mol. The first-order valence-electron chi connectivity index (χ1n) is 10.3. The number of nitrogens with zero attached hydrogens (tertiary/aromatic N) is 3. The van der Waals surface area contributed by atoms with Gasteiger partial charge in [-0.05, 0) is 57.8 Å². The fraction of sp³-hybridized carbons (Fsp3) is 0.571. The third-order valence-corrected chi connectivity index (χ3v) is 7.36. The molecule has 1 aromatic heterocycles. The quantitative estimate of drug-likeness (QED) is 0.722. The highest BCUT2D eigenvalue weighted by Gasteiger charge is 2.35. The van der Waals surface area contributed by atoms with E-state index in [-0.39, 0.29) is 23.1 Å². The summed E-state index contributed by atoms with van der Waals surface area (Å²) in [7, 11) is 0. The fourth-order valence-corrected chi connectivity index (χ4v) is 5.56. The summed E-state index contributed by atoms with van der Waals surface area (Å²) in [5.41, 5.74) is 1.70. The third-order valence-electron chi connectivity index (χ3n) is 5.87. The van der Waals surface area contributed by atoms with Gasteiger partial charge < -0.3 is 10.6 Å². The molecule has 1 aliphatic heterocycles. The van der Waals surface area contributed by atoms with Crippen molar-refractivity contribution in [1.82, 2.24) is 25.6 Å². The van der Waals surface area contributed by atoms with E-state index in [4.69, 9.17) is 0 Å². The highest BCUT2D eigenvalue weighted by molar-refractivity contribution is 8.00. The second-order valence-corrected chi connectivity index (χ2v) is 9.59. The summed E-state index contributed by atoms with van der Waals surface area (Å²) < 4.78 is 1.94. The average Bonchev–Trinajstić information content (AvgIpc) is 3.39. The van der Waals surface area contributed by atoms with Crippen LogP contribution in [0.4, 0.5) is 0 Å². The number of nitrogens with one attached hydrogen (secondary N) is 2. The Labute approximate surface area is 183 Å². The van der Waals surface area contributed by atoms with Crippen LogP contribution in [0.25, 0.3) is 0 Å². The molecule has 4 rings (SSSR count). The fourth-order valence-electron chi connectivity index (χ4n) is 4.15. The first-order chi connectivity index (χ1) is 13.6. The molecule has 0 bridgehead atoms. The molecule has 0 atom stereocenters. The predicted octanol–water partition coefficient (Wildman–Crippen LogP) is 3.77. The number of amides is 1. The van der Waals surface area contributed by atoms with E-state index in [2.05, 4.69) is 52.1 Å². The maximum Gasteiger partial charge on any atom is 0.273 e. The molecule has 0 spiro atoms. The minimum Gasteiger partial charge on any atom is -0.349 e. The van der Waals surface area contributed by atoms with Crippen molar-refractivity contribution in [1.29, 1.82) is 0 Å². The van der Waals surface area contributed by atoms with Gasteiger partial charge >= 0.3 is 0 Å². The number of halogens is 1. The zero-order chi connectivity index (χ0) is 19.4. The van der Waals surface area contributed by atoms with Gasteiger partial charge in [0.2, 0.25) is 0 Å². The lowest BCUT2D eigenvalue weighted by molar-refractivity contribution is 0.0944. The third kappa shape index (κ3) is 5.53. The highest BCUT2D eigenvalue weighted by atomic mass is 35.5. The molecule has 2 fully saturated rings. The number of aryl methyl sites for hydroxylation is 1. The van der Waals surface area contributed by atoms with Gasteiger partial charge in [0.1, 0.15) is 0 Å². The Morgan fingerprint density at radius 1 is 1.24 bits per heavy atom. The average molecular weight is 436 g/mol. The molecule has 1 saturated heterocycles. The molecule has 6 nitrogen and oxygen atoms in total.